The first-order chi connectivity index (χ1) is 16.1. The van der Waals surface area contributed by atoms with Gasteiger partial charge in [0, 0.05) is 13.1 Å². The van der Waals surface area contributed by atoms with Crippen LogP contribution in [0.3, 0.4) is 0 Å². The van der Waals surface area contributed by atoms with Crippen LogP contribution >= 0.6 is 0 Å². The van der Waals surface area contributed by atoms with Crippen LogP contribution in [0.5, 0.6) is 0 Å². The molecule has 0 aromatic heterocycles. The Hall–Kier alpha value is -2.73. The van der Waals surface area contributed by atoms with Gasteiger partial charge in [-0.2, -0.15) is 0 Å². The van der Waals surface area contributed by atoms with E-state index >= 15 is 0 Å². The monoisotopic (exact) mass is 482 g/mol. The molecule has 0 unspecified atom stereocenters. The Morgan fingerprint density at radius 2 is 1.44 bits per heavy atom. The topological polar surface area (TPSA) is 188 Å². The summed E-state index contributed by atoms with van der Waals surface area (Å²) < 4.78 is 0. The maximum absolute atomic E-state index is 13.0. The highest BCUT2D eigenvalue weighted by Gasteiger charge is 2.40. The number of carboxylic acids is 1. The fourth-order valence-electron chi connectivity index (χ4n) is 4.48. The van der Waals surface area contributed by atoms with Crippen molar-refractivity contribution in [2.75, 3.05) is 19.6 Å². The molecular formula is C22H38N6O6. The highest BCUT2D eigenvalue weighted by Crippen LogP contribution is 2.21. The van der Waals surface area contributed by atoms with Crippen LogP contribution in [0.15, 0.2) is 0 Å². The fourth-order valence-corrected chi connectivity index (χ4v) is 4.48. The van der Waals surface area contributed by atoms with Crippen LogP contribution in [0.4, 0.5) is 0 Å². The third-order valence-electron chi connectivity index (χ3n) is 6.42. The van der Waals surface area contributed by atoms with Crippen molar-refractivity contribution in [3.8, 4) is 0 Å². The lowest BCUT2D eigenvalue weighted by atomic mass is 10.1. The summed E-state index contributed by atoms with van der Waals surface area (Å²) in [5.74, 6) is -2.83. The molecule has 2 aliphatic rings. The lowest BCUT2D eigenvalue weighted by Crippen LogP contribution is -2.57. The molecule has 0 spiro atoms. The summed E-state index contributed by atoms with van der Waals surface area (Å²) in [7, 11) is 0. The second-order valence-corrected chi connectivity index (χ2v) is 9.07. The standard InChI is InChI=1S/C22H38N6O6/c1-13(25-18(29)15(24)7-3-4-10-23)20(31)27-11-5-8-16(27)19(30)26-14(2)21(32)28-12-6-9-17(28)22(33)34/h13-17H,3-12,23-24H2,1-2H3,(H,25,29)(H,26,30)(H,33,34)/t13-,14-,15-,16-,17-/m0/s1. The van der Waals surface area contributed by atoms with E-state index in [9.17, 15) is 29.1 Å². The van der Waals surface area contributed by atoms with Crippen molar-refractivity contribution >= 4 is 29.6 Å². The minimum atomic E-state index is -1.06. The molecule has 7 N–H and O–H groups in total. The number of carboxylic acid groups (broad SMARTS) is 1. The lowest BCUT2D eigenvalue weighted by molar-refractivity contribution is -0.149. The van der Waals surface area contributed by atoms with Crippen molar-refractivity contribution in [1.82, 2.24) is 20.4 Å². The zero-order chi connectivity index (χ0) is 25.4. The van der Waals surface area contributed by atoms with E-state index in [-0.39, 0.29) is 0 Å². The van der Waals surface area contributed by atoms with Crippen LogP contribution in [-0.4, -0.2) is 94.3 Å². The number of carbonyl (C=O) groups is 5. The van der Waals surface area contributed by atoms with Crippen molar-refractivity contribution < 1.29 is 29.1 Å². The molecule has 4 amide bonds. The smallest absolute Gasteiger partial charge is 0.326 e. The van der Waals surface area contributed by atoms with E-state index in [0.717, 1.165) is 6.42 Å². The number of likely N-dealkylation sites (tertiary alicyclic amines) is 2. The highest BCUT2D eigenvalue weighted by atomic mass is 16.4. The van der Waals surface area contributed by atoms with E-state index < -0.39 is 59.8 Å². The van der Waals surface area contributed by atoms with Crippen molar-refractivity contribution in [3.05, 3.63) is 0 Å². The quantitative estimate of drug-likeness (QED) is 0.220. The number of nitrogens with one attached hydrogen (secondary N) is 2. The minimum Gasteiger partial charge on any atom is -0.480 e. The normalized spacial score (nSPS) is 22.7. The molecule has 12 nitrogen and oxygen atoms in total. The molecule has 0 bridgehead atoms. The summed E-state index contributed by atoms with van der Waals surface area (Å²) in [6.07, 6.45) is 3.95. The van der Waals surface area contributed by atoms with Crippen molar-refractivity contribution in [2.45, 2.75) is 89.0 Å². The largest absolute Gasteiger partial charge is 0.480 e. The number of hydrogen-bond donors (Lipinski definition) is 5. The summed E-state index contributed by atoms with van der Waals surface area (Å²) in [6.45, 7) is 4.26. The molecule has 0 aliphatic carbocycles. The maximum Gasteiger partial charge on any atom is 0.326 e. The summed E-state index contributed by atoms with van der Waals surface area (Å²) in [5, 5.41) is 14.6. The predicted molar refractivity (Wildman–Crippen MR) is 123 cm³/mol. The average molecular weight is 483 g/mol. The Morgan fingerprint density at radius 1 is 0.912 bits per heavy atom. The molecule has 0 aromatic carbocycles. The summed E-state index contributed by atoms with van der Waals surface area (Å²) in [5.41, 5.74) is 11.3. The number of hydrogen-bond acceptors (Lipinski definition) is 7. The fraction of sp³-hybridized carbons (Fsp3) is 0.773. The number of rotatable bonds is 11. The molecule has 2 fully saturated rings. The molecule has 0 aromatic rings. The van der Waals surface area contributed by atoms with Gasteiger partial charge in [-0.3, -0.25) is 19.2 Å². The van der Waals surface area contributed by atoms with Crippen LogP contribution in [0, 0.1) is 0 Å². The molecule has 12 heteroatoms. The number of carbonyl (C=O) groups excluding carboxylic acids is 4. The summed E-state index contributed by atoms with van der Waals surface area (Å²) in [4.78, 5) is 64.9. The second kappa shape index (κ2) is 12.7. The molecule has 192 valence electrons. The molecule has 0 radical (unpaired) electrons. The molecule has 34 heavy (non-hydrogen) atoms. The van der Waals surface area contributed by atoms with Gasteiger partial charge in [0.05, 0.1) is 6.04 Å². The van der Waals surface area contributed by atoms with Crippen molar-refractivity contribution in [3.63, 3.8) is 0 Å². The highest BCUT2D eigenvalue weighted by molar-refractivity contribution is 5.95. The van der Waals surface area contributed by atoms with Crippen LogP contribution in [0.25, 0.3) is 0 Å². The minimum absolute atomic E-state index is 0.329. The molecule has 0 saturated carbocycles. The van der Waals surface area contributed by atoms with Gasteiger partial charge in [-0.1, -0.05) is 6.42 Å². The van der Waals surface area contributed by atoms with Crippen LogP contribution in [-0.2, 0) is 24.0 Å². The van der Waals surface area contributed by atoms with Gasteiger partial charge in [0.15, 0.2) is 0 Å². The van der Waals surface area contributed by atoms with Crippen LogP contribution in [0.1, 0.15) is 58.8 Å². The first-order valence-corrected chi connectivity index (χ1v) is 12.0. The molecule has 5 atom stereocenters. The first kappa shape index (κ1) is 27.5. The Labute approximate surface area is 199 Å². The summed E-state index contributed by atoms with van der Waals surface area (Å²) in [6, 6.07) is -4.18. The third kappa shape index (κ3) is 6.89. The Morgan fingerprint density at radius 3 is 2.00 bits per heavy atom. The zero-order valence-electron chi connectivity index (χ0n) is 20.0. The zero-order valence-corrected chi connectivity index (χ0v) is 20.0. The van der Waals surface area contributed by atoms with Gasteiger partial charge >= 0.3 is 5.97 Å². The maximum atomic E-state index is 13.0. The Balaban J connectivity index is 1.92. The second-order valence-electron chi connectivity index (χ2n) is 9.07. The Kier molecular flexibility index (Phi) is 10.2. The number of nitrogens with zero attached hydrogens (tertiary/aromatic N) is 2. The number of nitrogens with two attached hydrogens (primary N) is 2. The number of amides is 4. The van der Waals surface area contributed by atoms with Gasteiger partial charge in [0.2, 0.25) is 23.6 Å². The molecule has 2 rings (SSSR count). The van der Waals surface area contributed by atoms with Crippen molar-refractivity contribution in [2.24, 2.45) is 11.5 Å². The van der Waals surface area contributed by atoms with E-state index in [2.05, 4.69) is 10.6 Å². The Bertz CT molecular complexity index is 777. The van der Waals surface area contributed by atoms with Gasteiger partial charge < -0.3 is 37.0 Å². The van der Waals surface area contributed by atoms with E-state index in [1.54, 1.807) is 6.92 Å². The molecule has 2 saturated heterocycles. The molecular weight excluding hydrogens is 444 g/mol. The van der Waals surface area contributed by atoms with Gasteiger partial charge in [0.1, 0.15) is 24.2 Å². The first-order valence-electron chi connectivity index (χ1n) is 12.0. The van der Waals surface area contributed by atoms with Gasteiger partial charge in [0.25, 0.3) is 0 Å². The van der Waals surface area contributed by atoms with E-state index in [4.69, 9.17) is 11.5 Å². The van der Waals surface area contributed by atoms with Crippen LogP contribution in [0.2, 0.25) is 0 Å². The third-order valence-corrected chi connectivity index (χ3v) is 6.42. The van der Waals surface area contributed by atoms with Gasteiger partial charge in [-0.25, -0.2) is 4.79 Å². The number of unbranched alkanes of at least 4 members (excludes halogenated alkanes) is 1. The number of aliphatic carboxylic acids is 1. The summed E-state index contributed by atoms with van der Waals surface area (Å²) >= 11 is 0. The van der Waals surface area contributed by atoms with Gasteiger partial charge in [-0.05, 0) is 58.9 Å². The lowest BCUT2D eigenvalue weighted by Gasteiger charge is -2.29. The van der Waals surface area contributed by atoms with Crippen LogP contribution < -0.4 is 22.1 Å². The van der Waals surface area contributed by atoms with E-state index in [1.807, 2.05) is 0 Å². The average Bonchev–Trinajstić information content (AvgIpc) is 3.47. The SMILES string of the molecule is C[C@H](NC(=O)[C@@H]1CCCN1C(=O)[C@H](C)NC(=O)[C@@H](N)CCCCN)C(=O)N1CCC[C@H]1C(=O)O. The van der Waals surface area contributed by atoms with E-state index in [1.165, 1.54) is 16.7 Å². The molecule has 2 aliphatic heterocycles. The van der Waals surface area contributed by atoms with E-state index in [0.29, 0.717) is 58.2 Å². The molecule has 2 heterocycles. The van der Waals surface area contributed by atoms with Gasteiger partial charge in [-0.15, -0.1) is 0 Å². The predicted octanol–water partition coefficient (Wildman–Crippen LogP) is -1.48. The van der Waals surface area contributed by atoms with Crippen molar-refractivity contribution in [1.29, 1.82) is 0 Å².